The molecule has 114 valence electrons. The number of hydrogen-bond donors (Lipinski definition) is 0. The van der Waals surface area contributed by atoms with Crippen LogP contribution in [0.5, 0.6) is 0 Å². The smallest absolute Gasteiger partial charge is 0.213 e. The molecule has 3 rings (SSSR count). The maximum Gasteiger partial charge on any atom is 0.213 e. The number of piperazine rings is 1. The van der Waals surface area contributed by atoms with E-state index in [9.17, 15) is 8.42 Å². The van der Waals surface area contributed by atoms with Crippen LogP contribution in [-0.2, 0) is 10.0 Å². The monoisotopic (exact) mass is 310 g/mol. The Bertz CT molecular complexity index is 748. The van der Waals surface area contributed by atoms with Gasteiger partial charge in [-0.25, -0.2) is 8.42 Å². The molecule has 1 aliphatic heterocycles. The van der Waals surface area contributed by atoms with Crippen LogP contribution in [0.25, 0.3) is 5.65 Å². The fraction of sp³-hybridized carbons (Fsp3) is 0.583. The summed E-state index contributed by atoms with van der Waals surface area (Å²) >= 11 is 0. The number of fused-ring (bicyclic) bond motifs is 1. The Morgan fingerprint density at radius 2 is 1.86 bits per heavy atom. The number of rotatable bonds is 3. The van der Waals surface area contributed by atoms with Crippen LogP contribution in [-0.4, -0.2) is 64.5 Å². The molecule has 1 fully saturated rings. The van der Waals surface area contributed by atoms with Gasteiger partial charge in [-0.15, -0.1) is 15.3 Å². The molecule has 0 aromatic carbocycles. The summed E-state index contributed by atoms with van der Waals surface area (Å²) in [5.41, 5.74) is 0.712. The Balaban J connectivity index is 1.78. The van der Waals surface area contributed by atoms with Gasteiger partial charge in [0.15, 0.2) is 11.5 Å². The molecule has 3 heterocycles. The molecule has 0 atom stereocenters. The molecule has 1 aliphatic rings. The summed E-state index contributed by atoms with van der Waals surface area (Å²) in [7, 11) is -3.10. The maximum absolute atomic E-state index is 11.9. The van der Waals surface area contributed by atoms with Gasteiger partial charge >= 0.3 is 0 Å². The summed E-state index contributed by atoms with van der Waals surface area (Å²) in [6.07, 6.45) is 0. The average Bonchev–Trinajstić information content (AvgIpc) is 2.88. The number of nitrogens with zero attached hydrogens (tertiary/aromatic N) is 6. The molecule has 8 nitrogen and oxygen atoms in total. The van der Waals surface area contributed by atoms with E-state index in [-0.39, 0.29) is 5.75 Å². The Morgan fingerprint density at radius 1 is 1.14 bits per heavy atom. The van der Waals surface area contributed by atoms with Gasteiger partial charge in [-0.05, 0) is 26.0 Å². The lowest BCUT2D eigenvalue weighted by Crippen LogP contribution is -2.49. The molecule has 21 heavy (non-hydrogen) atoms. The molecule has 0 aliphatic carbocycles. The van der Waals surface area contributed by atoms with Crippen LogP contribution < -0.4 is 4.90 Å². The lowest BCUT2D eigenvalue weighted by molar-refractivity contribution is 0.384. The van der Waals surface area contributed by atoms with E-state index in [4.69, 9.17) is 0 Å². The van der Waals surface area contributed by atoms with E-state index in [1.54, 1.807) is 15.7 Å². The topological polar surface area (TPSA) is 83.7 Å². The first-order valence-corrected chi connectivity index (χ1v) is 8.54. The number of sulfonamides is 1. The van der Waals surface area contributed by atoms with E-state index in [2.05, 4.69) is 20.2 Å². The third kappa shape index (κ3) is 2.58. The molecule has 0 amide bonds. The molecule has 0 radical (unpaired) electrons. The summed E-state index contributed by atoms with van der Waals surface area (Å²) in [6.45, 7) is 5.79. The van der Waals surface area contributed by atoms with Gasteiger partial charge in [0.25, 0.3) is 0 Å². The van der Waals surface area contributed by atoms with Crippen LogP contribution in [0.1, 0.15) is 12.7 Å². The van der Waals surface area contributed by atoms with E-state index >= 15 is 0 Å². The normalized spacial score (nSPS) is 17.5. The molecular formula is C12H18N6O2S. The second kappa shape index (κ2) is 5.23. The van der Waals surface area contributed by atoms with Gasteiger partial charge in [0.1, 0.15) is 5.82 Å². The summed E-state index contributed by atoms with van der Waals surface area (Å²) in [6, 6.07) is 3.77. The third-order valence-corrected chi connectivity index (χ3v) is 5.61. The molecule has 0 bridgehead atoms. The Kier molecular flexibility index (Phi) is 3.54. The highest BCUT2D eigenvalue weighted by molar-refractivity contribution is 7.89. The first kappa shape index (κ1) is 14.2. The van der Waals surface area contributed by atoms with Gasteiger partial charge in [0, 0.05) is 26.2 Å². The molecule has 2 aromatic rings. The average molecular weight is 310 g/mol. The predicted molar refractivity (Wildman–Crippen MR) is 78.8 cm³/mol. The van der Waals surface area contributed by atoms with Crippen molar-refractivity contribution < 1.29 is 8.42 Å². The van der Waals surface area contributed by atoms with Crippen molar-refractivity contribution in [3.63, 3.8) is 0 Å². The Morgan fingerprint density at radius 3 is 2.52 bits per heavy atom. The zero-order valence-corrected chi connectivity index (χ0v) is 12.9. The van der Waals surface area contributed by atoms with Gasteiger partial charge in [0.05, 0.1) is 5.75 Å². The zero-order chi connectivity index (χ0) is 15.0. The van der Waals surface area contributed by atoms with Crippen molar-refractivity contribution in [2.45, 2.75) is 13.8 Å². The fourth-order valence-corrected chi connectivity index (χ4v) is 3.52. The van der Waals surface area contributed by atoms with Crippen LogP contribution in [0.3, 0.4) is 0 Å². The summed E-state index contributed by atoms with van der Waals surface area (Å²) < 4.78 is 27.0. The van der Waals surface area contributed by atoms with Gasteiger partial charge in [-0.2, -0.15) is 8.82 Å². The van der Waals surface area contributed by atoms with Crippen LogP contribution in [0.4, 0.5) is 5.82 Å². The van der Waals surface area contributed by atoms with Crippen molar-refractivity contribution in [3.8, 4) is 0 Å². The minimum absolute atomic E-state index is 0.150. The van der Waals surface area contributed by atoms with Crippen LogP contribution in [0.15, 0.2) is 12.1 Å². The van der Waals surface area contributed by atoms with E-state index in [0.29, 0.717) is 31.8 Å². The fourth-order valence-electron chi connectivity index (χ4n) is 2.43. The molecular weight excluding hydrogens is 292 g/mol. The predicted octanol–water partition coefficient (Wildman–Crippen LogP) is -0.0956. The molecule has 9 heteroatoms. The lowest BCUT2D eigenvalue weighted by atomic mass is 10.3. The number of aryl methyl sites for hydroxylation is 1. The quantitative estimate of drug-likeness (QED) is 0.787. The molecule has 0 unspecified atom stereocenters. The molecule has 0 saturated carbocycles. The van der Waals surface area contributed by atoms with Crippen molar-refractivity contribution in [2.75, 3.05) is 36.8 Å². The molecule has 0 N–H and O–H groups in total. The molecule has 1 saturated heterocycles. The Labute approximate surface area is 123 Å². The second-order valence-corrected chi connectivity index (χ2v) is 7.25. The van der Waals surface area contributed by atoms with E-state index in [1.165, 1.54) is 0 Å². The highest BCUT2D eigenvalue weighted by atomic mass is 32.2. The largest absolute Gasteiger partial charge is 0.353 e. The Hall–Kier alpha value is -1.74. The van der Waals surface area contributed by atoms with E-state index in [0.717, 1.165) is 11.6 Å². The first-order valence-electron chi connectivity index (χ1n) is 6.93. The van der Waals surface area contributed by atoms with E-state index in [1.807, 2.05) is 19.1 Å². The van der Waals surface area contributed by atoms with Crippen molar-refractivity contribution in [1.82, 2.24) is 24.1 Å². The van der Waals surface area contributed by atoms with Gasteiger partial charge in [-0.1, -0.05) is 0 Å². The van der Waals surface area contributed by atoms with Crippen molar-refractivity contribution in [3.05, 3.63) is 18.0 Å². The summed E-state index contributed by atoms with van der Waals surface area (Å²) in [5, 5.41) is 12.5. The van der Waals surface area contributed by atoms with Crippen molar-refractivity contribution in [1.29, 1.82) is 0 Å². The zero-order valence-electron chi connectivity index (χ0n) is 12.1. The van der Waals surface area contributed by atoms with E-state index < -0.39 is 10.0 Å². The standard InChI is InChI=1S/C12H18N6O2S/c1-3-21(19,20)17-8-6-16(7-9-17)12-5-4-11-14-13-10(2)18(11)15-12/h4-5H,3,6-9H2,1-2H3. The first-order chi connectivity index (χ1) is 10.0. The second-order valence-electron chi connectivity index (χ2n) is 5.00. The summed E-state index contributed by atoms with van der Waals surface area (Å²) in [4.78, 5) is 2.08. The van der Waals surface area contributed by atoms with Crippen molar-refractivity contribution in [2.24, 2.45) is 0 Å². The van der Waals surface area contributed by atoms with Gasteiger partial charge in [-0.3, -0.25) is 0 Å². The molecule has 0 spiro atoms. The van der Waals surface area contributed by atoms with Crippen LogP contribution in [0.2, 0.25) is 0 Å². The van der Waals surface area contributed by atoms with Gasteiger partial charge < -0.3 is 4.90 Å². The third-order valence-electron chi connectivity index (χ3n) is 3.73. The highest BCUT2D eigenvalue weighted by Crippen LogP contribution is 2.16. The van der Waals surface area contributed by atoms with Crippen molar-refractivity contribution >= 4 is 21.5 Å². The highest BCUT2D eigenvalue weighted by Gasteiger charge is 2.26. The lowest BCUT2D eigenvalue weighted by Gasteiger charge is -2.34. The van der Waals surface area contributed by atoms with Crippen LogP contribution >= 0.6 is 0 Å². The number of hydrogen-bond acceptors (Lipinski definition) is 6. The number of anilines is 1. The maximum atomic E-state index is 11.9. The minimum Gasteiger partial charge on any atom is -0.353 e. The molecule has 2 aromatic heterocycles. The SMILES string of the molecule is CCS(=O)(=O)N1CCN(c2ccc3nnc(C)n3n2)CC1. The van der Waals surface area contributed by atoms with Crippen LogP contribution in [0, 0.1) is 6.92 Å². The number of aromatic nitrogens is 4. The summed E-state index contributed by atoms with van der Waals surface area (Å²) in [5.74, 6) is 1.70. The van der Waals surface area contributed by atoms with Gasteiger partial charge in [0.2, 0.25) is 10.0 Å². The minimum atomic E-state index is -3.10.